The van der Waals surface area contributed by atoms with Crippen molar-refractivity contribution in [3.8, 4) is 11.4 Å². The summed E-state index contributed by atoms with van der Waals surface area (Å²) in [6.45, 7) is 11.1. The first-order chi connectivity index (χ1) is 26.0. The molecule has 2 amide bonds. The largest absolute Gasteiger partial charge is 0.497 e. The molecule has 7 rings (SSSR count). The van der Waals surface area contributed by atoms with Crippen molar-refractivity contribution in [1.29, 1.82) is 0 Å². The van der Waals surface area contributed by atoms with Crippen molar-refractivity contribution in [2.24, 2.45) is 5.92 Å². The second-order valence-electron chi connectivity index (χ2n) is 14.7. The number of anilines is 1. The van der Waals surface area contributed by atoms with Gasteiger partial charge in [0.2, 0.25) is 5.91 Å². The summed E-state index contributed by atoms with van der Waals surface area (Å²) >= 11 is 0. The molecule has 5 aromatic rings. The third-order valence-electron chi connectivity index (χ3n) is 11.4. The molecule has 54 heavy (non-hydrogen) atoms. The first kappa shape index (κ1) is 37.0. The van der Waals surface area contributed by atoms with Gasteiger partial charge in [0.1, 0.15) is 5.75 Å². The summed E-state index contributed by atoms with van der Waals surface area (Å²) in [7, 11) is -0.927. The monoisotopic (exact) mass is 742 g/mol. The minimum absolute atomic E-state index is 0.0195. The Bertz CT molecular complexity index is 2260. The van der Waals surface area contributed by atoms with Crippen LogP contribution in [0.5, 0.6) is 5.75 Å². The number of hydrogen-bond acceptors (Lipinski definition) is 7. The van der Waals surface area contributed by atoms with E-state index in [0.29, 0.717) is 28.9 Å². The van der Waals surface area contributed by atoms with Gasteiger partial charge in [-0.25, -0.2) is 0 Å². The van der Waals surface area contributed by atoms with Crippen molar-refractivity contribution in [3.05, 3.63) is 137 Å². The molecule has 1 spiro atoms. The second kappa shape index (κ2) is 14.8. The number of carbonyl (C=O) groups is 2. The average molecular weight is 743 g/mol. The van der Waals surface area contributed by atoms with Crippen molar-refractivity contribution in [2.75, 3.05) is 31.7 Å². The average Bonchev–Trinajstić information content (AvgIpc) is 3.61. The zero-order valence-corrected chi connectivity index (χ0v) is 32.1. The number of aliphatic hydroxyl groups excluding tert-OH is 1. The van der Waals surface area contributed by atoms with Crippen LogP contribution in [-0.4, -0.2) is 72.6 Å². The lowest BCUT2D eigenvalue weighted by molar-refractivity contribution is -0.149. The van der Waals surface area contributed by atoms with E-state index >= 15 is 4.79 Å². The molecule has 1 aromatic heterocycles. The fraction of sp³-hybridized carbons (Fsp3) is 0.302. The summed E-state index contributed by atoms with van der Waals surface area (Å²) in [5.41, 5.74) is 0.836. The van der Waals surface area contributed by atoms with Gasteiger partial charge in [0.05, 0.1) is 57.3 Å². The van der Waals surface area contributed by atoms with Crippen LogP contribution in [0.3, 0.4) is 0 Å². The standard InChI is InChI=1S/C43H46N4O6Si/c1-6-22-46-37-21-16-32(47-41(50)35-15-11-10-14-31(35)27-44-47)25-36(37)43(42(46)51)29(2)40(54(4,5)34-19-17-33(52-3)18-20-34)38(53-43)26-39(49)45(23-24-48)28-30-12-8-7-9-13-30/h6-21,25,27,29,38,40,48H,1,22-24,26,28H2,2-5H3/t29-,38+,40-,43+/m1/s1. The fourth-order valence-electron chi connectivity index (χ4n) is 8.74. The summed E-state index contributed by atoms with van der Waals surface area (Å²) in [5.74, 6) is -0.0250. The van der Waals surface area contributed by atoms with E-state index in [-0.39, 0.29) is 54.9 Å². The Morgan fingerprint density at radius 2 is 1.76 bits per heavy atom. The highest BCUT2D eigenvalue weighted by molar-refractivity contribution is 6.91. The molecule has 2 aliphatic rings. The predicted octanol–water partition coefficient (Wildman–Crippen LogP) is 5.55. The maximum Gasteiger partial charge on any atom is 0.279 e. The molecule has 1 fully saturated rings. The van der Waals surface area contributed by atoms with Crippen LogP contribution < -0.4 is 20.4 Å². The summed E-state index contributed by atoms with van der Waals surface area (Å²) < 4.78 is 14.0. The molecule has 10 nitrogen and oxygen atoms in total. The topological polar surface area (TPSA) is 114 Å². The number of rotatable bonds is 12. The smallest absolute Gasteiger partial charge is 0.279 e. The van der Waals surface area contributed by atoms with Crippen LogP contribution in [-0.2, 0) is 26.5 Å². The SMILES string of the molecule is C=CCN1C(=O)[C@@]2(O[C@@H](CC(=O)N(CCO)Cc3ccccc3)[C@H]([Si](C)(C)c3ccc(OC)cc3)[C@H]2C)c2cc(-n3ncc4ccccc4c3=O)ccc21. The number of carbonyl (C=O) groups excluding carboxylic acids is 2. The molecule has 0 unspecified atom stereocenters. The Kier molecular flexibility index (Phi) is 10.1. The number of amides is 2. The van der Waals surface area contributed by atoms with E-state index in [0.717, 1.165) is 21.9 Å². The third kappa shape index (κ3) is 6.25. The van der Waals surface area contributed by atoms with Gasteiger partial charge in [-0.05, 0) is 47.5 Å². The Hall–Kier alpha value is -5.36. The summed E-state index contributed by atoms with van der Waals surface area (Å²) in [4.78, 5) is 46.5. The molecule has 0 bridgehead atoms. The number of hydrogen-bond donors (Lipinski definition) is 1. The Labute approximate surface area is 316 Å². The lowest BCUT2D eigenvalue weighted by Gasteiger charge is -2.37. The summed E-state index contributed by atoms with van der Waals surface area (Å²) in [5, 5.41) is 16.9. The fourth-order valence-corrected chi connectivity index (χ4v) is 12.7. The summed E-state index contributed by atoms with van der Waals surface area (Å²) in [6, 6.07) is 30.6. The maximum absolute atomic E-state index is 15.0. The van der Waals surface area contributed by atoms with Crippen LogP contribution in [0.15, 0.2) is 121 Å². The highest BCUT2D eigenvalue weighted by atomic mass is 28.3. The molecule has 2 aliphatic heterocycles. The predicted molar refractivity (Wildman–Crippen MR) is 213 cm³/mol. The van der Waals surface area contributed by atoms with Gasteiger partial charge in [0, 0.05) is 36.5 Å². The Morgan fingerprint density at radius 3 is 2.46 bits per heavy atom. The van der Waals surface area contributed by atoms with Gasteiger partial charge < -0.3 is 24.4 Å². The third-order valence-corrected chi connectivity index (χ3v) is 15.7. The number of nitrogens with zero attached hydrogens (tertiary/aromatic N) is 4. The molecule has 1 N–H and O–H groups in total. The maximum atomic E-state index is 15.0. The van der Waals surface area contributed by atoms with Crippen LogP contribution in [0.25, 0.3) is 16.5 Å². The van der Waals surface area contributed by atoms with Crippen LogP contribution >= 0.6 is 0 Å². The Balaban J connectivity index is 1.36. The second-order valence-corrected chi connectivity index (χ2v) is 19.4. The zero-order chi connectivity index (χ0) is 38.2. The molecule has 0 saturated carbocycles. The van der Waals surface area contributed by atoms with Gasteiger partial charge in [-0.3, -0.25) is 14.4 Å². The molecule has 1 saturated heterocycles. The molecule has 0 aliphatic carbocycles. The van der Waals surface area contributed by atoms with E-state index < -0.39 is 19.8 Å². The number of ether oxygens (including phenoxy) is 2. The lowest BCUT2D eigenvalue weighted by Crippen LogP contribution is -2.52. The van der Waals surface area contributed by atoms with Crippen molar-refractivity contribution in [3.63, 3.8) is 0 Å². The molecule has 4 aromatic carbocycles. The van der Waals surface area contributed by atoms with Crippen molar-refractivity contribution < 1.29 is 24.2 Å². The van der Waals surface area contributed by atoms with Crippen LogP contribution in [0.2, 0.25) is 18.6 Å². The van der Waals surface area contributed by atoms with E-state index in [1.165, 1.54) is 4.68 Å². The van der Waals surface area contributed by atoms with Crippen molar-refractivity contribution in [1.82, 2.24) is 14.7 Å². The summed E-state index contributed by atoms with van der Waals surface area (Å²) in [6.07, 6.45) is 2.73. The van der Waals surface area contributed by atoms with Gasteiger partial charge in [0.15, 0.2) is 5.60 Å². The number of fused-ring (bicyclic) bond motifs is 3. The normalized spacial score (nSPS) is 20.7. The number of aromatic nitrogens is 2. The van der Waals surface area contributed by atoms with Gasteiger partial charge in [-0.2, -0.15) is 9.78 Å². The Morgan fingerprint density at radius 1 is 1.04 bits per heavy atom. The van der Waals surface area contributed by atoms with Crippen LogP contribution in [0, 0.1) is 5.92 Å². The minimum atomic E-state index is -2.56. The van der Waals surface area contributed by atoms with Crippen molar-refractivity contribution in [2.45, 2.75) is 50.2 Å². The molecule has 11 heteroatoms. The molecule has 4 atom stereocenters. The molecular formula is C43H46N4O6Si. The number of methoxy groups -OCH3 is 1. The molecule has 278 valence electrons. The lowest BCUT2D eigenvalue weighted by atomic mass is 9.82. The highest BCUT2D eigenvalue weighted by Gasteiger charge is 2.66. The number of benzene rings is 4. The zero-order valence-electron chi connectivity index (χ0n) is 31.1. The molecular weight excluding hydrogens is 697 g/mol. The first-order valence-corrected chi connectivity index (χ1v) is 21.4. The highest BCUT2D eigenvalue weighted by Crippen LogP contribution is 2.60. The van der Waals surface area contributed by atoms with Crippen molar-refractivity contribution >= 4 is 41.5 Å². The van der Waals surface area contributed by atoms with E-state index in [9.17, 15) is 14.7 Å². The minimum Gasteiger partial charge on any atom is -0.497 e. The van der Waals surface area contributed by atoms with Gasteiger partial charge >= 0.3 is 0 Å². The van der Waals surface area contributed by atoms with E-state index in [1.54, 1.807) is 41.3 Å². The molecule has 3 heterocycles. The van der Waals surface area contributed by atoms with E-state index in [4.69, 9.17) is 9.47 Å². The van der Waals surface area contributed by atoms with E-state index in [1.807, 2.05) is 72.8 Å². The first-order valence-electron chi connectivity index (χ1n) is 18.3. The van der Waals surface area contributed by atoms with Crippen LogP contribution in [0.4, 0.5) is 5.69 Å². The van der Waals surface area contributed by atoms with Gasteiger partial charge in [-0.1, -0.05) is 91.9 Å². The number of aliphatic hydroxyl groups is 1. The van der Waals surface area contributed by atoms with Gasteiger partial charge in [0.25, 0.3) is 11.5 Å². The van der Waals surface area contributed by atoms with Crippen LogP contribution in [0.1, 0.15) is 24.5 Å². The van der Waals surface area contributed by atoms with E-state index in [2.05, 4.69) is 43.8 Å². The van der Waals surface area contributed by atoms with Gasteiger partial charge in [-0.15, -0.1) is 6.58 Å². The quantitative estimate of drug-likeness (QED) is 0.132. The molecule has 0 radical (unpaired) electrons.